The van der Waals surface area contributed by atoms with Crippen molar-refractivity contribution in [1.29, 1.82) is 0 Å². The minimum absolute atomic E-state index is 0.0686. The molecule has 0 radical (unpaired) electrons. The molecule has 0 saturated heterocycles. The van der Waals surface area contributed by atoms with Gasteiger partial charge in [-0.1, -0.05) is 47.5 Å². The van der Waals surface area contributed by atoms with Crippen LogP contribution in [-0.2, 0) is 14.8 Å². The van der Waals surface area contributed by atoms with Crippen molar-refractivity contribution in [1.82, 2.24) is 5.43 Å². The van der Waals surface area contributed by atoms with Crippen LogP contribution in [0.5, 0.6) is 0 Å². The van der Waals surface area contributed by atoms with Gasteiger partial charge in [0.1, 0.15) is 6.54 Å². The van der Waals surface area contributed by atoms with Gasteiger partial charge in [0.05, 0.1) is 21.3 Å². The van der Waals surface area contributed by atoms with Gasteiger partial charge in [0.25, 0.3) is 15.9 Å². The van der Waals surface area contributed by atoms with Crippen LogP contribution in [0, 0.1) is 6.92 Å². The van der Waals surface area contributed by atoms with Crippen LogP contribution in [0.3, 0.4) is 0 Å². The molecule has 0 aliphatic heterocycles. The van der Waals surface area contributed by atoms with E-state index in [4.69, 9.17) is 11.6 Å². The van der Waals surface area contributed by atoms with Crippen LogP contribution in [0.1, 0.15) is 17.4 Å². The lowest BCUT2D eigenvalue weighted by Gasteiger charge is -2.24. The van der Waals surface area contributed by atoms with Crippen LogP contribution in [0.4, 0.5) is 5.69 Å². The van der Waals surface area contributed by atoms with Crippen LogP contribution < -0.4 is 9.73 Å². The number of aryl methyl sites for hydroxylation is 1. The number of para-hydroxylation sites is 1. The van der Waals surface area contributed by atoms with Crippen LogP contribution >= 0.6 is 22.9 Å². The Kier molecular flexibility index (Phi) is 6.91. The lowest BCUT2D eigenvalue weighted by Crippen LogP contribution is -2.40. The Morgan fingerprint density at radius 2 is 1.80 bits per heavy atom. The van der Waals surface area contributed by atoms with E-state index in [0.29, 0.717) is 5.71 Å². The maximum absolute atomic E-state index is 13.3. The zero-order valence-electron chi connectivity index (χ0n) is 16.4. The first-order chi connectivity index (χ1) is 14.3. The summed E-state index contributed by atoms with van der Waals surface area (Å²) in [6.45, 7) is 3.16. The van der Waals surface area contributed by atoms with Gasteiger partial charge in [-0.2, -0.15) is 5.10 Å². The van der Waals surface area contributed by atoms with Crippen molar-refractivity contribution in [3.05, 3.63) is 81.5 Å². The van der Waals surface area contributed by atoms with Crippen molar-refractivity contribution in [2.24, 2.45) is 5.10 Å². The van der Waals surface area contributed by atoms with Crippen LogP contribution in [0.2, 0.25) is 5.02 Å². The number of amides is 1. The predicted molar refractivity (Wildman–Crippen MR) is 122 cm³/mol. The number of sulfonamides is 1. The number of carbonyl (C=O) groups is 1. The lowest BCUT2D eigenvalue weighted by molar-refractivity contribution is -0.119. The Labute approximate surface area is 184 Å². The van der Waals surface area contributed by atoms with E-state index in [0.717, 1.165) is 14.7 Å². The summed E-state index contributed by atoms with van der Waals surface area (Å²) in [6.07, 6.45) is 0. The fourth-order valence-corrected chi connectivity index (χ4v) is 5.05. The van der Waals surface area contributed by atoms with Gasteiger partial charge in [0.15, 0.2) is 0 Å². The van der Waals surface area contributed by atoms with E-state index in [1.54, 1.807) is 43.3 Å². The average Bonchev–Trinajstić information content (AvgIpc) is 3.26. The quantitative estimate of drug-likeness (QED) is 0.417. The molecule has 1 amide bonds. The molecule has 0 unspecified atom stereocenters. The smallest absolute Gasteiger partial charge is 0.264 e. The van der Waals surface area contributed by atoms with Gasteiger partial charge in [-0.15, -0.1) is 11.3 Å². The predicted octanol–water partition coefficient (Wildman–Crippen LogP) is 4.45. The highest BCUT2D eigenvalue weighted by atomic mass is 35.5. The summed E-state index contributed by atoms with van der Waals surface area (Å²) in [5, 5.41) is 6.20. The molecule has 2 aromatic carbocycles. The van der Waals surface area contributed by atoms with Crippen molar-refractivity contribution in [3.8, 4) is 0 Å². The average molecular weight is 462 g/mol. The van der Waals surface area contributed by atoms with Crippen molar-refractivity contribution in [3.63, 3.8) is 0 Å². The van der Waals surface area contributed by atoms with E-state index in [1.165, 1.54) is 23.5 Å². The molecule has 1 N–H and O–H groups in total. The van der Waals surface area contributed by atoms with E-state index >= 15 is 0 Å². The van der Waals surface area contributed by atoms with E-state index in [-0.39, 0.29) is 15.6 Å². The van der Waals surface area contributed by atoms with E-state index in [1.807, 2.05) is 24.4 Å². The van der Waals surface area contributed by atoms with Gasteiger partial charge in [-0.3, -0.25) is 9.10 Å². The van der Waals surface area contributed by atoms with Crippen LogP contribution in [-0.4, -0.2) is 26.6 Å². The number of hydrogen-bond donors (Lipinski definition) is 1. The third-order valence-corrected chi connectivity index (χ3v) is 7.32. The fourth-order valence-electron chi connectivity index (χ4n) is 2.64. The molecule has 6 nitrogen and oxygen atoms in total. The number of nitrogens with one attached hydrogen (secondary N) is 1. The van der Waals surface area contributed by atoms with Crippen molar-refractivity contribution < 1.29 is 13.2 Å². The minimum Gasteiger partial charge on any atom is -0.271 e. The van der Waals surface area contributed by atoms with Gasteiger partial charge in [-0.25, -0.2) is 13.8 Å². The topological polar surface area (TPSA) is 78.8 Å². The number of carbonyl (C=O) groups excluding carboxylic acids is 1. The standard InChI is InChI=1S/C21H20ClN3O3S2/c1-15-9-11-17(12-10-15)30(27,28)25(19-7-4-3-6-18(19)22)14-21(26)24-23-16(2)20-8-5-13-29-20/h3-13H,14H2,1-2H3,(H,24,26)/b23-16-. The number of halogens is 1. The number of thiophene rings is 1. The molecule has 0 fully saturated rings. The Balaban J connectivity index is 1.90. The maximum Gasteiger partial charge on any atom is 0.264 e. The largest absolute Gasteiger partial charge is 0.271 e. The SMILES string of the molecule is C/C(=N/NC(=O)CN(c1ccccc1Cl)S(=O)(=O)c1ccc(C)cc1)c1cccs1. The highest BCUT2D eigenvalue weighted by Crippen LogP contribution is 2.30. The number of hydrazone groups is 1. The lowest BCUT2D eigenvalue weighted by atomic mass is 10.2. The molecule has 0 saturated carbocycles. The summed E-state index contributed by atoms with van der Waals surface area (Å²) in [6, 6.07) is 16.7. The minimum atomic E-state index is -4.03. The molecular formula is C21H20ClN3O3S2. The molecule has 3 aromatic rings. The molecule has 1 aromatic heterocycles. The van der Waals surface area contributed by atoms with Gasteiger partial charge in [0, 0.05) is 4.88 Å². The number of nitrogens with zero attached hydrogens (tertiary/aromatic N) is 2. The summed E-state index contributed by atoms with van der Waals surface area (Å²) in [5.74, 6) is -0.582. The molecule has 0 spiro atoms. The second kappa shape index (κ2) is 9.42. The normalized spacial score (nSPS) is 11.9. The highest BCUT2D eigenvalue weighted by molar-refractivity contribution is 7.92. The molecule has 0 aliphatic carbocycles. The number of rotatable bonds is 7. The first-order valence-corrected chi connectivity index (χ1v) is 11.7. The van der Waals surface area contributed by atoms with Crippen LogP contribution in [0.15, 0.2) is 76.0 Å². The molecule has 156 valence electrons. The van der Waals surface area contributed by atoms with Gasteiger partial charge >= 0.3 is 0 Å². The number of anilines is 1. The summed E-state index contributed by atoms with van der Waals surface area (Å²) >= 11 is 7.74. The molecule has 0 atom stereocenters. The zero-order valence-corrected chi connectivity index (χ0v) is 18.8. The first kappa shape index (κ1) is 22.0. The molecule has 3 rings (SSSR count). The molecule has 30 heavy (non-hydrogen) atoms. The number of benzene rings is 2. The summed E-state index contributed by atoms with van der Waals surface area (Å²) in [5.41, 5.74) is 4.20. The summed E-state index contributed by atoms with van der Waals surface area (Å²) in [7, 11) is -4.03. The second-order valence-electron chi connectivity index (χ2n) is 6.49. The Morgan fingerprint density at radius 1 is 1.10 bits per heavy atom. The van der Waals surface area contributed by atoms with E-state index < -0.39 is 22.5 Å². The van der Waals surface area contributed by atoms with Crippen molar-refractivity contribution >= 4 is 50.3 Å². The van der Waals surface area contributed by atoms with E-state index in [2.05, 4.69) is 10.5 Å². The Hall–Kier alpha value is -2.68. The molecule has 9 heteroatoms. The van der Waals surface area contributed by atoms with Crippen LogP contribution in [0.25, 0.3) is 0 Å². The summed E-state index contributed by atoms with van der Waals surface area (Å²) < 4.78 is 27.6. The second-order valence-corrected chi connectivity index (χ2v) is 9.70. The van der Waals surface area contributed by atoms with Gasteiger partial charge in [0.2, 0.25) is 0 Å². The maximum atomic E-state index is 13.3. The summed E-state index contributed by atoms with van der Waals surface area (Å²) in [4.78, 5) is 13.6. The zero-order chi connectivity index (χ0) is 21.7. The Morgan fingerprint density at radius 3 is 2.43 bits per heavy atom. The monoisotopic (exact) mass is 461 g/mol. The third kappa shape index (κ3) is 5.08. The van der Waals surface area contributed by atoms with Gasteiger partial charge in [-0.05, 0) is 49.6 Å². The highest BCUT2D eigenvalue weighted by Gasteiger charge is 2.28. The van der Waals surface area contributed by atoms with Gasteiger partial charge < -0.3 is 0 Å². The molecular weight excluding hydrogens is 442 g/mol. The third-order valence-electron chi connectivity index (χ3n) is 4.24. The first-order valence-electron chi connectivity index (χ1n) is 9.00. The molecule has 1 heterocycles. The van der Waals surface area contributed by atoms with Crippen molar-refractivity contribution in [2.75, 3.05) is 10.8 Å². The Bertz CT molecular complexity index is 1160. The van der Waals surface area contributed by atoms with E-state index in [9.17, 15) is 13.2 Å². The molecule has 0 bridgehead atoms. The van der Waals surface area contributed by atoms with Crippen molar-refractivity contribution in [2.45, 2.75) is 18.7 Å². The molecule has 0 aliphatic rings. The fraction of sp³-hybridized carbons (Fsp3) is 0.143. The number of hydrogen-bond acceptors (Lipinski definition) is 5.